The Morgan fingerprint density at radius 1 is 0.769 bits per heavy atom. The lowest BCUT2D eigenvalue weighted by molar-refractivity contribution is 0.432. The number of aliphatic hydroxyl groups excluding tert-OH is 1. The molecule has 1 N–H and O–H groups in total. The van der Waals surface area contributed by atoms with Gasteiger partial charge in [0.1, 0.15) is 5.76 Å². The van der Waals surface area contributed by atoms with Crippen LogP contribution in [0.2, 0.25) is 0 Å². The lowest BCUT2D eigenvalue weighted by atomic mass is 10.1. The SMILES string of the molecule is OC1=CC2=CC=CC=CC2=CC=C1. The predicted molar refractivity (Wildman–Crippen MR) is 54.3 cm³/mol. The number of hydrogen-bond donors (Lipinski definition) is 1. The van der Waals surface area contributed by atoms with Crippen LogP contribution in [-0.2, 0) is 0 Å². The quantitative estimate of drug-likeness (QED) is 0.592. The van der Waals surface area contributed by atoms with Gasteiger partial charge in [0.25, 0.3) is 0 Å². The van der Waals surface area contributed by atoms with Crippen molar-refractivity contribution in [2.45, 2.75) is 0 Å². The van der Waals surface area contributed by atoms with Gasteiger partial charge in [-0.1, -0.05) is 42.5 Å². The van der Waals surface area contributed by atoms with Gasteiger partial charge in [0.15, 0.2) is 0 Å². The Morgan fingerprint density at radius 3 is 2.54 bits per heavy atom. The highest BCUT2D eigenvalue weighted by atomic mass is 16.3. The zero-order chi connectivity index (χ0) is 9.10. The van der Waals surface area contributed by atoms with Gasteiger partial charge in [-0.2, -0.15) is 0 Å². The summed E-state index contributed by atoms with van der Waals surface area (Å²) in [6.45, 7) is 0. The van der Waals surface area contributed by atoms with E-state index in [0.717, 1.165) is 11.1 Å². The molecular formula is C12H10O. The molecule has 0 fully saturated rings. The average Bonchev–Trinajstić information content (AvgIpc) is 2.38. The van der Waals surface area contributed by atoms with Crippen molar-refractivity contribution in [3.05, 3.63) is 71.6 Å². The molecule has 0 aromatic carbocycles. The fourth-order valence-corrected chi connectivity index (χ4v) is 1.32. The van der Waals surface area contributed by atoms with E-state index in [2.05, 4.69) is 0 Å². The fraction of sp³-hybridized carbons (Fsp3) is 0. The van der Waals surface area contributed by atoms with Crippen LogP contribution in [0.5, 0.6) is 0 Å². The topological polar surface area (TPSA) is 20.2 Å². The highest BCUT2D eigenvalue weighted by Gasteiger charge is 2.02. The molecule has 2 aliphatic carbocycles. The van der Waals surface area contributed by atoms with E-state index < -0.39 is 0 Å². The van der Waals surface area contributed by atoms with Gasteiger partial charge in [-0.05, 0) is 23.3 Å². The zero-order valence-electron chi connectivity index (χ0n) is 7.14. The Balaban J connectivity index is 2.50. The van der Waals surface area contributed by atoms with Crippen LogP contribution in [0, 0.1) is 0 Å². The first-order valence-corrected chi connectivity index (χ1v) is 4.21. The molecule has 64 valence electrons. The van der Waals surface area contributed by atoms with Crippen LogP contribution in [0.3, 0.4) is 0 Å². The van der Waals surface area contributed by atoms with Gasteiger partial charge >= 0.3 is 0 Å². The number of fused-ring (bicyclic) bond motifs is 1. The van der Waals surface area contributed by atoms with Gasteiger partial charge < -0.3 is 5.11 Å². The van der Waals surface area contributed by atoms with Crippen LogP contribution in [0.25, 0.3) is 0 Å². The van der Waals surface area contributed by atoms with Crippen LogP contribution >= 0.6 is 0 Å². The molecule has 2 aliphatic rings. The van der Waals surface area contributed by atoms with Gasteiger partial charge in [-0.15, -0.1) is 0 Å². The minimum absolute atomic E-state index is 0.293. The molecule has 0 heterocycles. The van der Waals surface area contributed by atoms with Crippen molar-refractivity contribution in [3.63, 3.8) is 0 Å². The molecule has 0 radical (unpaired) electrons. The molecule has 0 unspecified atom stereocenters. The average molecular weight is 170 g/mol. The van der Waals surface area contributed by atoms with Gasteiger partial charge in [0.05, 0.1) is 0 Å². The van der Waals surface area contributed by atoms with Crippen LogP contribution < -0.4 is 0 Å². The third-order valence-corrected chi connectivity index (χ3v) is 1.95. The normalized spacial score (nSPS) is 19.5. The van der Waals surface area contributed by atoms with E-state index >= 15 is 0 Å². The fourth-order valence-electron chi connectivity index (χ4n) is 1.32. The van der Waals surface area contributed by atoms with E-state index in [0.29, 0.717) is 5.76 Å². The highest BCUT2D eigenvalue weighted by molar-refractivity contribution is 5.54. The summed E-state index contributed by atoms with van der Waals surface area (Å²) >= 11 is 0. The summed E-state index contributed by atoms with van der Waals surface area (Å²) in [6.07, 6.45) is 17.2. The molecule has 0 atom stereocenters. The van der Waals surface area contributed by atoms with Gasteiger partial charge in [-0.3, -0.25) is 0 Å². The Morgan fingerprint density at radius 2 is 1.62 bits per heavy atom. The molecule has 0 amide bonds. The molecule has 2 rings (SSSR count). The van der Waals surface area contributed by atoms with E-state index in [1.807, 2.05) is 42.5 Å². The highest BCUT2D eigenvalue weighted by Crippen LogP contribution is 2.20. The largest absolute Gasteiger partial charge is 0.508 e. The maximum Gasteiger partial charge on any atom is 0.116 e. The van der Waals surface area contributed by atoms with Crippen molar-refractivity contribution < 1.29 is 5.11 Å². The zero-order valence-corrected chi connectivity index (χ0v) is 7.14. The van der Waals surface area contributed by atoms with Gasteiger partial charge in [0, 0.05) is 0 Å². The number of rotatable bonds is 0. The molecule has 0 aromatic heterocycles. The van der Waals surface area contributed by atoms with Crippen molar-refractivity contribution in [1.29, 1.82) is 0 Å². The summed E-state index contributed by atoms with van der Waals surface area (Å²) in [7, 11) is 0. The number of aliphatic hydroxyl groups is 1. The maximum atomic E-state index is 9.37. The molecule has 0 aliphatic heterocycles. The van der Waals surface area contributed by atoms with Crippen LogP contribution in [0.4, 0.5) is 0 Å². The molecular weight excluding hydrogens is 160 g/mol. The minimum Gasteiger partial charge on any atom is -0.508 e. The van der Waals surface area contributed by atoms with Crippen molar-refractivity contribution in [2.75, 3.05) is 0 Å². The lowest BCUT2D eigenvalue weighted by Crippen LogP contribution is -1.81. The first-order valence-electron chi connectivity index (χ1n) is 4.21. The van der Waals surface area contributed by atoms with Gasteiger partial charge in [0.2, 0.25) is 0 Å². The predicted octanol–water partition coefficient (Wildman–Crippen LogP) is 2.98. The Bertz CT molecular complexity index is 387. The second-order valence-electron chi connectivity index (χ2n) is 2.92. The Kier molecular flexibility index (Phi) is 2.01. The maximum absolute atomic E-state index is 9.37. The van der Waals surface area contributed by atoms with E-state index in [1.54, 1.807) is 12.2 Å². The second kappa shape index (κ2) is 3.31. The molecule has 0 saturated heterocycles. The standard InChI is InChI=1S/C12H10O/c13-12-8-4-7-10-5-2-1-3-6-11(10)9-12/h1-9,13H. The molecule has 1 heteroatoms. The van der Waals surface area contributed by atoms with Crippen molar-refractivity contribution >= 4 is 0 Å². The summed E-state index contributed by atoms with van der Waals surface area (Å²) < 4.78 is 0. The first kappa shape index (κ1) is 7.87. The van der Waals surface area contributed by atoms with E-state index in [1.165, 1.54) is 0 Å². The van der Waals surface area contributed by atoms with E-state index in [-0.39, 0.29) is 0 Å². The van der Waals surface area contributed by atoms with Gasteiger partial charge in [-0.25, -0.2) is 0 Å². The molecule has 1 nitrogen and oxygen atoms in total. The summed E-state index contributed by atoms with van der Waals surface area (Å²) in [6, 6.07) is 0. The molecule has 0 aromatic rings. The van der Waals surface area contributed by atoms with Crippen LogP contribution in [0.1, 0.15) is 0 Å². The Hall–Kier alpha value is -1.76. The summed E-state index contributed by atoms with van der Waals surface area (Å²) in [5.74, 6) is 0.293. The first-order chi connectivity index (χ1) is 6.36. The molecule has 0 saturated carbocycles. The van der Waals surface area contributed by atoms with Crippen LogP contribution in [-0.4, -0.2) is 5.11 Å². The minimum atomic E-state index is 0.293. The Labute approximate surface area is 77.4 Å². The lowest BCUT2D eigenvalue weighted by Gasteiger charge is -1.99. The third-order valence-electron chi connectivity index (χ3n) is 1.95. The monoisotopic (exact) mass is 170 g/mol. The smallest absolute Gasteiger partial charge is 0.116 e. The van der Waals surface area contributed by atoms with Crippen molar-refractivity contribution in [2.24, 2.45) is 0 Å². The van der Waals surface area contributed by atoms with Crippen molar-refractivity contribution in [3.8, 4) is 0 Å². The number of hydrogen-bond acceptors (Lipinski definition) is 1. The van der Waals surface area contributed by atoms with Crippen molar-refractivity contribution in [1.82, 2.24) is 0 Å². The second-order valence-corrected chi connectivity index (χ2v) is 2.92. The van der Waals surface area contributed by atoms with E-state index in [9.17, 15) is 5.11 Å². The van der Waals surface area contributed by atoms with E-state index in [4.69, 9.17) is 0 Å². The molecule has 0 spiro atoms. The van der Waals surface area contributed by atoms with Crippen LogP contribution in [0.15, 0.2) is 71.6 Å². The number of allylic oxidation sites excluding steroid dienone is 11. The summed E-state index contributed by atoms with van der Waals surface area (Å²) in [4.78, 5) is 0. The molecule has 0 bridgehead atoms. The summed E-state index contributed by atoms with van der Waals surface area (Å²) in [5.41, 5.74) is 2.15. The molecule has 13 heavy (non-hydrogen) atoms. The summed E-state index contributed by atoms with van der Waals surface area (Å²) in [5, 5.41) is 9.37. The third kappa shape index (κ3) is 1.70.